The zero-order valence-electron chi connectivity index (χ0n) is 9.11. The predicted molar refractivity (Wildman–Crippen MR) is 59.0 cm³/mol. The van der Waals surface area contributed by atoms with E-state index in [4.69, 9.17) is 15.6 Å². The maximum absolute atomic E-state index is 11.2. The van der Waals surface area contributed by atoms with Gasteiger partial charge in [0, 0.05) is 12.1 Å². The maximum atomic E-state index is 11.2. The van der Waals surface area contributed by atoms with Gasteiger partial charge in [-0.3, -0.25) is 19.7 Å². The van der Waals surface area contributed by atoms with Crippen molar-refractivity contribution >= 4 is 17.6 Å². The van der Waals surface area contributed by atoms with Crippen molar-refractivity contribution in [3.63, 3.8) is 0 Å². The first kappa shape index (κ1) is 13.6. The van der Waals surface area contributed by atoms with Crippen LogP contribution in [0.15, 0.2) is 24.3 Å². The summed E-state index contributed by atoms with van der Waals surface area (Å²) in [7, 11) is 0. The molecule has 0 amide bonds. The molecule has 0 saturated carbocycles. The van der Waals surface area contributed by atoms with Gasteiger partial charge in [0.2, 0.25) is 0 Å². The molecule has 96 valence electrons. The topological polar surface area (TPSA) is 133 Å². The number of carbonyl (C=O) groups excluding carboxylic acids is 1. The summed E-state index contributed by atoms with van der Waals surface area (Å²) in [6.45, 7) is 0. The Hall–Kier alpha value is -2.48. The van der Waals surface area contributed by atoms with E-state index in [1.54, 1.807) is 0 Å². The second kappa shape index (κ2) is 5.73. The van der Waals surface area contributed by atoms with E-state index >= 15 is 0 Å². The summed E-state index contributed by atoms with van der Waals surface area (Å²) < 4.78 is 4.77. The van der Waals surface area contributed by atoms with E-state index in [1.807, 2.05) is 0 Å². The summed E-state index contributed by atoms with van der Waals surface area (Å²) in [5, 5.41) is 18.9. The van der Waals surface area contributed by atoms with E-state index < -0.39 is 29.3 Å². The third-order valence-corrected chi connectivity index (χ3v) is 1.98. The molecule has 1 atom stereocenters. The molecule has 8 heteroatoms. The van der Waals surface area contributed by atoms with Crippen molar-refractivity contribution in [3.05, 3.63) is 34.4 Å². The number of nitro groups is 1. The molecule has 1 aromatic carbocycles. The van der Waals surface area contributed by atoms with Crippen LogP contribution in [0.4, 0.5) is 5.69 Å². The molecular weight excluding hydrogens is 244 g/mol. The van der Waals surface area contributed by atoms with Crippen molar-refractivity contribution in [2.45, 2.75) is 12.5 Å². The number of hydrogen-bond acceptors (Lipinski definition) is 6. The standard InChI is InChI=1S/C10H10N2O6/c11-8(10(14)15)5-9(13)18-7-3-1-6(2-4-7)12(16)17/h1-4,8H,5,11H2,(H,14,15)/t8-/m0/s1. The summed E-state index contributed by atoms with van der Waals surface area (Å²) in [5.74, 6) is -2.04. The van der Waals surface area contributed by atoms with Gasteiger partial charge in [0.05, 0.1) is 11.3 Å². The molecule has 18 heavy (non-hydrogen) atoms. The molecule has 0 fully saturated rings. The van der Waals surface area contributed by atoms with Crippen LogP contribution in [0.3, 0.4) is 0 Å². The van der Waals surface area contributed by atoms with Gasteiger partial charge in [0.1, 0.15) is 11.8 Å². The Bertz CT molecular complexity index is 470. The average Bonchev–Trinajstić information content (AvgIpc) is 2.29. The number of rotatable bonds is 5. The molecule has 1 aromatic rings. The fourth-order valence-electron chi connectivity index (χ4n) is 1.08. The van der Waals surface area contributed by atoms with Gasteiger partial charge in [-0.05, 0) is 12.1 Å². The molecule has 0 bridgehead atoms. The van der Waals surface area contributed by atoms with Crippen LogP contribution in [-0.2, 0) is 9.59 Å². The van der Waals surface area contributed by atoms with Gasteiger partial charge in [0.25, 0.3) is 5.69 Å². The number of carboxylic acid groups (broad SMARTS) is 1. The van der Waals surface area contributed by atoms with Crippen molar-refractivity contribution in [1.82, 2.24) is 0 Å². The van der Waals surface area contributed by atoms with Crippen LogP contribution < -0.4 is 10.5 Å². The highest BCUT2D eigenvalue weighted by atomic mass is 16.6. The van der Waals surface area contributed by atoms with Crippen LogP contribution in [0.25, 0.3) is 0 Å². The average molecular weight is 254 g/mol. The second-order valence-corrected chi connectivity index (χ2v) is 3.37. The number of ether oxygens (including phenoxy) is 1. The van der Waals surface area contributed by atoms with Gasteiger partial charge >= 0.3 is 11.9 Å². The first-order valence-electron chi connectivity index (χ1n) is 4.83. The molecule has 8 nitrogen and oxygen atoms in total. The Morgan fingerprint density at radius 3 is 2.39 bits per heavy atom. The molecule has 0 saturated heterocycles. The fourth-order valence-corrected chi connectivity index (χ4v) is 1.08. The SMILES string of the molecule is N[C@@H](CC(=O)Oc1ccc([N+](=O)[O-])cc1)C(=O)O. The molecular formula is C10H10N2O6. The lowest BCUT2D eigenvalue weighted by molar-refractivity contribution is -0.384. The first-order chi connectivity index (χ1) is 8.40. The molecule has 0 heterocycles. The number of esters is 1. The molecule has 0 radical (unpaired) electrons. The van der Waals surface area contributed by atoms with E-state index in [0.29, 0.717) is 0 Å². The number of carboxylic acids is 1. The lowest BCUT2D eigenvalue weighted by atomic mass is 10.2. The lowest BCUT2D eigenvalue weighted by Gasteiger charge is -2.06. The molecule has 0 aliphatic carbocycles. The Labute approximate surface area is 101 Å². The quantitative estimate of drug-likeness (QED) is 0.334. The van der Waals surface area contributed by atoms with E-state index in [9.17, 15) is 19.7 Å². The summed E-state index contributed by atoms with van der Waals surface area (Å²) >= 11 is 0. The fraction of sp³-hybridized carbons (Fsp3) is 0.200. The minimum atomic E-state index is -1.34. The Morgan fingerprint density at radius 2 is 1.94 bits per heavy atom. The van der Waals surface area contributed by atoms with Crippen LogP contribution in [0.2, 0.25) is 0 Å². The molecule has 3 N–H and O–H groups in total. The molecule has 0 unspecified atom stereocenters. The highest BCUT2D eigenvalue weighted by molar-refractivity contribution is 5.82. The summed E-state index contributed by atoms with van der Waals surface area (Å²) in [4.78, 5) is 31.4. The van der Waals surface area contributed by atoms with E-state index in [-0.39, 0.29) is 11.4 Å². The number of nitro benzene ring substituents is 1. The minimum absolute atomic E-state index is 0.0863. The highest BCUT2D eigenvalue weighted by Gasteiger charge is 2.18. The van der Waals surface area contributed by atoms with Crippen LogP contribution >= 0.6 is 0 Å². The number of benzene rings is 1. The zero-order valence-corrected chi connectivity index (χ0v) is 9.11. The predicted octanol–water partition coefficient (Wildman–Crippen LogP) is 0.302. The first-order valence-corrected chi connectivity index (χ1v) is 4.83. The third-order valence-electron chi connectivity index (χ3n) is 1.98. The van der Waals surface area contributed by atoms with E-state index in [2.05, 4.69) is 0 Å². The lowest BCUT2D eigenvalue weighted by Crippen LogP contribution is -2.33. The Morgan fingerprint density at radius 1 is 1.39 bits per heavy atom. The molecule has 0 aliphatic rings. The number of hydrogen-bond donors (Lipinski definition) is 2. The van der Waals surface area contributed by atoms with Gasteiger partial charge in [-0.1, -0.05) is 0 Å². The molecule has 0 aliphatic heterocycles. The van der Waals surface area contributed by atoms with Gasteiger partial charge in [-0.25, -0.2) is 0 Å². The molecule has 0 aromatic heterocycles. The monoisotopic (exact) mass is 254 g/mol. The number of carbonyl (C=O) groups is 2. The van der Waals surface area contributed by atoms with Crippen LogP contribution in [0, 0.1) is 10.1 Å². The highest BCUT2D eigenvalue weighted by Crippen LogP contribution is 2.17. The van der Waals surface area contributed by atoms with Crippen molar-refractivity contribution < 1.29 is 24.4 Å². The van der Waals surface area contributed by atoms with Crippen molar-refractivity contribution in [3.8, 4) is 5.75 Å². The molecule has 1 rings (SSSR count). The summed E-state index contributed by atoms with van der Waals surface area (Å²) in [6, 6.07) is 3.47. The smallest absolute Gasteiger partial charge is 0.321 e. The Balaban J connectivity index is 2.60. The number of nitrogens with zero attached hydrogens (tertiary/aromatic N) is 1. The van der Waals surface area contributed by atoms with E-state index in [0.717, 1.165) is 0 Å². The molecule has 0 spiro atoms. The normalized spacial score (nSPS) is 11.6. The van der Waals surface area contributed by atoms with Crippen molar-refractivity contribution in [2.24, 2.45) is 5.73 Å². The second-order valence-electron chi connectivity index (χ2n) is 3.37. The number of nitrogens with two attached hydrogens (primary N) is 1. The largest absolute Gasteiger partial charge is 0.480 e. The van der Waals surface area contributed by atoms with Crippen LogP contribution in [0.1, 0.15) is 6.42 Å². The van der Waals surface area contributed by atoms with Crippen LogP contribution in [0.5, 0.6) is 5.75 Å². The zero-order chi connectivity index (χ0) is 13.7. The maximum Gasteiger partial charge on any atom is 0.321 e. The van der Waals surface area contributed by atoms with Gasteiger partial charge in [-0.2, -0.15) is 0 Å². The van der Waals surface area contributed by atoms with Gasteiger partial charge < -0.3 is 15.6 Å². The number of non-ortho nitro benzene ring substituents is 1. The van der Waals surface area contributed by atoms with E-state index in [1.165, 1.54) is 24.3 Å². The Kier molecular flexibility index (Phi) is 4.33. The van der Waals surface area contributed by atoms with Gasteiger partial charge in [-0.15, -0.1) is 0 Å². The summed E-state index contributed by atoms with van der Waals surface area (Å²) in [6.07, 6.45) is -0.480. The third kappa shape index (κ3) is 3.83. The van der Waals surface area contributed by atoms with Crippen LogP contribution in [-0.4, -0.2) is 28.0 Å². The number of aliphatic carboxylic acids is 1. The van der Waals surface area contributed by atoms with Crippen molar-refractivity contribution in [2.75, 3.05) is 0 Å². The summed E-state index contributed by atoms with van der Waals surface area (Å²) in [5.41, 5.74) is 5.00. The minimum Gasteiger partial charge on any atom is -0.480 e. The van der Waals surface area contributed by atoms with Gasteiger partial charge in [0.15, 0.2) is 0 Å². The van der Waals surface area contributed by atoms with Crippen molar-refractivity contribution in [1.29, 1.82) is 0 Å².